The number of nitrogens with zero attached hydrogens (tertiary/aromatic N) is 4. The molecule has 1 saturated heterocycles. The second-order valence-corrected chi connectivity index (χ2v) is 9.95. The molecule has 0 radical (unpaired) electrons. The first-order chi connectivity index (χ1) is 16.0. The van der Waals surface area contributed by atoms with Crippen LogP contribution in [-0.2, 0) is 4.79 Å². The normalized spacial score (nSPS) is 16.5. The molecular formula is C23H22BrN5O3S. The Morgan fingerprint density at radius 3 is 2.42 bits per heavy atom. The molecule has 5 rings (SSSR count). The topological polar surface area (TPSA) is 85.8 Å². The molecule has 3 amide bonds. The molecule has 0 aliphatic carbocycles. The third-order valence-corrected chi connectivity index (χ3v) is 7.48. The summed E-state index contributed by atoms with van der Waals surface area (Å²) in [5, 5.41) is 3.87. The van der Waals surface area contributed by atoms with Gasteiger partial charge < -0.3 is 10.2 Å². The van der Waals surface area contributed by atoms with E-state index in [0.29, 0.717) is 24.2 Å². The second kappa shape index (κ2) is 9.20. The van der Waals surface area contributed by atoms with E-state index in [9.17, 15) is 14.4 Å². The number of aromatic nitrogens is 1. The molecule has 2 aromatic carbocycles. The molecule has 0 bridgehead atoms. The molecule has 0 atom stereocenters. The van der Waals surface area contributed by atoms with Gasteiger partial charge in [0.15, 0.2) is 5.13 Å². The highest BCUT2D eigenvalue weighted by atomic mass is 79.9. The van der Waals surface area contributed by atoms with E-state index in [1.165, 1.54) is 4.70 Å². The highest BCUT2D eigenvalue weighted by Gasteiger charge is 2.36. The standard InChI is InChI=1S/C23H22BrN5O3S/c24-15-5-6-18-19(13-15)33-23(26-18)28-11-9-27(10-12-28)8-7-25-20(30)14-29-21(31)16-3-1-2-4-17(16)22(29)32/h1-6,13H,7-12,14H2,(H,25,30). The maximum absolute atomic E-state index is 12.4. The van der Waals surface area contributed by atoms with Gasteiger partial charge in [0.2, 0.25) is 5.91 Å². The molecule has 3 heterocycles. The number of piperazine rings is 1. The molecule has 0 spiro atoms. The Labute approximate surface area is 203 Å². The van der Waals surface area contributed by atoms with Gasteiger partial charge in [-0.1, -0.05) is 39.4 Å². The number of hydrogen-bond acceptors (Lipinski definition) is 7. The average molecular weight is 528 g/mol. The Kier molecular flexibility index (Phi) is 6.13. The molecule has 33 heavy (non-hydrogen) atoms. The van der Waals surface area contributed by atoms with Crippen LogP contribution in [-0.4, -0.2) is 78.3 Å². The van der Waals surface area contributed by atoms with Crippen LogP contribution in [0.1, 0.15) is 20.7 Å². The Hall–Kier alpha value is -2.82. The molecule has 2 aliphatic rings. The van der Waals surface area contributed by atoms with Crippen LogP contribution < -0.4 is 10.2 Å². The molecule has 10 heteroatoms. The number of amides is 3. The summed E-state index contributed by atoms with van der Waals surface area (Å²) < 4.78 is 2.22. The van der Waals surface area contributed by atoms with E-state index >= 15 is 0 Å². The van der Waals surface area contributed by atoms with Crippen LogP contribution >= 0.6 is 27.3 Å². The number of benzene rings is 2. The van der Waals surface area contributed by atoms with Crippen molar-refractivity contribution in [2.24, 2.45) is 0 Å². The second-order valence-electron chi connectivity index (χ2n) is 8.03. The van der Waals surface area contributed by atoms with Gasteiger partial charge in [-0.3, -0.25) is 24.2 Å². The fourth-order valence-electron chi connectivity index (χ4n) is 4.12. The number of fused-ring (bicyclic) bond motifs is 2. The van der Waals surface area contributed by atoms with Gasteiger partial charge in [-0.2, -0.15) is 0 Å². The van der Waals surface area contributed by atoms with Crippen LogP contribution in [0.4, 0.5) is 5.13 Å². The zero-order chi connectivity index (χ0) is 22.9. The lowest BCUT2D eigenvalue weighted by molar-refractivity contribution is -0.121. The monoisotopic (exact) mass is 527 g/mol. The first-order valence-corrected chi connectivity index (χ1v) is 12.4. The van der Waals surface area contributed by atoms with Crippen molar-refractivity contribution in [1.82, 2.24) is 20.1 Å². The minimum absolute atomic E-state index is 0.256. The Balaban J connectivity index is 1.07. The van der Waals surface area contributed by atoms with Gasteiger partial charge in [0.05, 0.1) is 21.3 Å². The number of halogens is 1. The molecule has 0 saturated carbocycles. The third kappa shape index (κ3) is 4.50. The van der Waals surface area contributed by atoms with Gasteiger partial charge in [-0.25, -0.2) is 4.98 Å². The highest BCUT2D eigenvalue weighted by Crippen LogP contribution is 2.31. The van der Waals surface area contributed by atoms with Crippen LogP contribution in [0, 0.1) is 0 Å². The molecule has 3 aromatic rings. The van der Waals surface area contributed by atoms with E-state index in [1.54, 1.807) is 35.6 Å². The summed E-state index contributed by atoms with van der Waals surface area (Å²) in [4.78, 5) is 47.5. The average Bonchev–Trinajstić information content (AvgIpc) is 3.34. The lowest BCUT2D eigenvalue weighted by Gasteiger charge is -2.34. The van der Waals surface area contributed by atoms with Crippen LogP contribution in [0.15, 0.2) is 46.9 Å². The van der Waals surface area contributed by atoms with E-state index in [4.69, 9.17) is 4.98 Å². The zero-order valence-electron chi connectivity index (χ0n) is 17.8. The predicted molar refractivity (Wildman–Crippen MR) is 131 cm³/mol. The quantitative estimate of drug-likeness (QED) is 0.496. The van der Waals surface area contributed by atoms with Gasteiger partial charge in [0.1, 0.15) is 6.54 Å². The number of hydrogen-bond donors (Lipinski definition) is 1. The summed E-state index contributed by atoms with van der Waals surface area (Å²) in [6.45, 7) is 4.45. The summed E-state index contributed by atoms with van der Waals surface area (Å²) in [5.41, 5.74) is 1.73. The van der Waals surface area contributed by atoms with Crippen molar-refractivity contribution >= 4 is 60.3 Å². The van der Waals surface area contributed by atoms with Crippen molar-refractivity contribution in [3.05, 3.63) is 58.1 Å². The Morgan fingerprint density at radius 2 is 1.73 bits per heavy atom. The molecule has 0 unspecified atom stereocenters. The Bertz CT molecular complexity index is 1200. The summed E-state index contributed by atoms with van der Waals surface area (Å²) >= 11 is 5.21. The number of thiazole rings is 1. The fourth-order valence-corrected chi connectivity index (χ4v) is 5.69. The third-order valence-electron chi connectivity index (χ3n) is 5.91. The van der Waals surface area contributed by atoms with Crippen molar-refractivity contribution in [3.8, 4) is 0 Å². The summed E-state index contributed by atoms with van der Waals surface area (Å²) in [5.74, 6) is -1.16. The maximum Gasteiger partial charge on any atom is 0.262 e. The van der Waals surface area contributed by atoms with Gasteiger partial charge >= 0.3 is 0 Å². The van der Waals surface area contributed by atoms with Crippen molar-refractivity contribution in [2.45, 2.75) is 0 Å². The van der Waals surface area contributed by atoms with Crippen molar-refractivity contribution in [3.63, 3.8) is 0 Å². The maximum atomic E-state index is 12.4. The molecular weight excluding hydrogens is 506 g/mol. The SMILES string of the molecule is O=C(CN1C(=O)c2ccccc2C1=O)NCCN1CCN(c2nc3ccc(Br)cc3s2)CC1. The number of rotatable bonds is 6. The number of anilines is 1. The number of carbonyl (C=O) groups is 3. The summed E-state index contributed by atoms with van der Waals surface area (Å²) in [7, 11) is 0. The lowest BCUT2D eigenvalue weighted by atomic mass is 10.1. The van der Waals surface area contributed by atoms with Crippen molar-refractivity contribution in [2.75, 3.05) is 50.7 Å². The summed E-state index contributed by atoms with van der Waals surface area (Å²) in [6, 6.07) is 12.8. The van der Waals surface area contributed by atoms with Crippen LogP contribution in [0.3, 0.4) is 0 Å². The van der Waals surface area contributed by atoms with E-state index < -0.39 is 11.8 Å². The number of imide groups is 1. The molecule has 1 fully saturated rings. The molecule has 8 nitrogen and oxygen atoms in total. The minimum Gasteiger partial charge on any atom is -0.353 e. The van der Waals surface area contributed by atoms with Gasteiger partial charge in [0.25, 0.3) is 11.8 Å². The summed E-state index contributed by atoms with van der Waals surface area (Å²) in [6.07, 6.45) is 0. The first kappa shape index (κ1) is 22.0. The minimum atomic E-state index is -0.413. The van der Waals surface area contributed by atoms with Gasteiger partial charge in [-0.15, -0.1) is 0 Å². The van der Waals surface area contributed by atoms with Crippen LogP contribution in [0.25, 0.3) is 10.2 Å². The molecule has 170 valence electrons. The zero-order valence-corrected chi connectivity index (χ0v) is 20.2. The largest absolute Gasteiger partial charge is 0.353 e. The molecule has 1 aromatic heterocycles. The lowest BCUT2D eigenvalue weighted by Crippen LogP contribution is -2.49. The number of carbonyl (C=O) groups excluding carboxylic acids is 3. The Morgan fingerprint density at radius 1 is 1.03 bits per heavy atom. The van der Waals surface area contributed by atoms with E-state index in [-0.39, 0.29) is 12.5 Å². The van der Waals surface area contributed by atoms with E-state index in [0.717, 1.165) is 46.2 Å². The van der Waals surface area contributed by atoms with E-state index in [1.807, 2.05) is 12.1 Å². The first-order valence-electron chi connectivity index (χ1n) is 10.7. The smallest absolute Gasteiger partial charge is 0.262 e. The number of nitrogens with one attached hydrogen (secondary N) is 1. The molecule has 1 N–H and O–H groups in total. The fraction of sp³-hybridized carbons (Fsp3) is 0.304. The van der Waals surface area contributed by atoms with Gasteiger partial charge in [-0.05, 0) is 30.3 Å². The van der Waals surface area contributed by atoms with E-state index in [2.05, 4.69) is 37.1 Å². The van der Waals surface area contributed by atoms with Crippen molar-refractivity contribution < 1.29 is 14.4 Å². The van der Waals surface area contributed by atoms with Gasteiger partial charge in [0, 0.05) is 43.7 Å². The van der Waals surface area contributed by atoms with Crippen LogP contribution in [0.5, 0.6) is 0 Å². The molecule has 2 aliphatic heterocycles. The predicted octanol–water partition coefficient (Wildman–Crippen LogP) is 2.59. The van der Waals surface area contributed by atoms with Crippen molar-refractivity contribution in [1.29, 1.82) is 0 Å². The highest BCUT2D eigenvalue weighted by molar-refractivity contribution is 9.10. The van der Waals surface area contributed by atoms with Crippen LogP contribution in [0.2, 0.25) is 0 Å².